The number of hydrogen-bond donors (Lipinski definition) is 0. The van der Waals surface area contributed by atoms with Gasteiger partial charge in [0.05, 0.1) is 0 Å². The second-order valence-corrected chi connectivity index (χ2v) is 6.99. The van der Waals surface area contributed by atoms with E-state index >= 15 is 0 Å². The molecule has 0 aromatic heterocycles. The number of allylic oxidation sites excluding steroid dienone is 8. The summed E-state index contributed by atoms with van der Waals surface area (Å²) in [5, 5.41) is 0. The first-order chi connectivity index (χ1) is 9.10. The highest BCUT2D eigenvalue weighted by atomic mass is 14.5. The highest BCUT2D eigenvalue weighted by Crippen LogP contribution is 2.56. The third-order valence-electron chi connectivity index (χ3n) is 5.61. The summed E-state index contributed by atoms with van der Waals surface area (Å²) >= 11 is 0. The predicted molar refractivity (Wildman–Crippen MR) is 82.9 cm³/mol. The smallest absolute Gasteiger partial charge is 0.00700 e. The van der Waals surface area contributed by atoms with E-state index in [0.29, 0.717) is 5.41 Å². The summed E-state index contributed by atoms with van der Waals surface area (Å²) in [6.07, 6.45) is 18.3. The summed E-state index contributed by atoms with van der Waals surface area (Å²) in [4.78, 5) is 0. The van der Waals surface area contributed by atoms with Crippen molar-refractivity contribution in [2.24, 2.45) is 17.3 Å². The SMILES string of the molecule is CC1=C(/C=C/C2=CCC=C2)C(C)(C)C2CCCCC12. The molecule has 3 rings (SSSR count). The molecule has 0 amide bonds. The molecule has 2 unspecified atom stereocenters. The van der Waals surface area contributed by atoms with E-state index in [9.17, 15) is 0 Å². The first kappa shape index (κ1) is 13.0. The molecule has 0 aromatic carbocycles. The van der Waals surface area contributed by atoms with Gasteiger partial charge in [-0.1, -0.05) is 62.6 Å². The van der Waals surface area contributed by atoms with Gasteiger partial charge in [-0.2, -0.15) is 0 Å². The summed E-state index contributed by atoms with van der Waals surface area (Å²) < 4.78 is 0. The molecule has 0 aromatic rings. The lowest BCUT2D eigenvalue weighted by Crippen LogP contribution is -2.27. The summed E-state index contributed by atoms with van der Waals surface area (Å²) in [5.41, 5.74) is 5.04. The van der Waals surface area contributed by atoms with E-state index in [0.717, 1.165) is 18.3 Å². The molecule has 0 heteroatoms. The minimum absolute atomic E-state index is 0.370. The Balaban J connectivity index is 1.89. The Morgan fingerprint density at radius 2 is 1.95 bits per heavy atom. The van der Waals surface area contributed by atoms with Gasteiger partial charge in [0.15, 0.2) is 0 Å². The van der Waals surface area contributed by atoms with E-state index in [1.54, 1.807) is 11.1 Å². The molecule has 1 saturated carbocycles. The van der Waals surface area contributed by atoms with Crippen LogP contribution in [0, 0.1) is 17.3 Å². The van der Waals surface area contributed by atoms with E-state index in [2.05, 4.69) is 51.2 Å². The van der Waals surface area contributed by atoms with Gasteiger partial charge in [-0.05, 0) is 54.6 Å². The van der Waals surface area contributed by atoms with Crippen molar-refractivity contribution < 1.29 is 0 Å². The van der Waals surface area contributed by atoms with Crippen molar-refractivity contribution in [1.82, 2.24) is 0 Å². The van der Waals surface area contributed by atoms with Crippen molar-refractivity contribution in [3.8, 4) is 0 Å². The molecule has 102 valence electrons. The predicted octanol–water partition coefficient (Wildman–Crippen LogP) is 5.59. The zero-order valence-corrected chi connectivity index (χ0v) is 12.6. The fraction of sp³-hybridized carbons (Fsp3) is 0.579. The first-order valence-electron chi connectivity index (χ1n) is 7.87. The van der Waals surface area contributed by atoms with Crippen molar-refractivity contribution in [3.05, 3.63) is 47.1 Å². The molecule has 0 radical (unpaired) electrons. The van der Waals surface area contributed by atoms with Gasteiger partial charge in [0, 0.05) is 0 Å². The van der Waals surface area contributed by atoms with Gasteiger partial charge in [0.1, 0.15) is 0 Å². The minimum atomic E-state index is 0.370. The Kier molecular flexibility index (Phi) is 3.28. The third kappa shape index (κ3) is 2.16. The molecule has 1 fully saturated rings. The Morgan fingerprint density at radius 3 is 2.63 bits per heavy atom. The Morgan fingerprint density at radius 1 is 1.16 bits per heavy atom. The van der Waals surface area contributed by atoms with Gasteiger partial charge in [-0.25, -0.2) is 0 Å². The second kappa shape index (κ2) is 4.81. The van der Waals surface area contributed by atoms with Crippen molar-refractivity contribution >= 4 is 0 Å². The average molecular weight is 254 g/mol. The van der Waals surface area contributed by atoms with Crippen LogP contribution in [0.3, 0.4) is 0 Å². The van der Waals surface area contributed by atoms with E-state index in [1.807, 2.05) is 0 Å². The molecule has 3 aliphatic carbocycles. The van der Waals surface area contributed by atoms with E-state index in [1.165, 1.54) is 31.3 Å². The molecular formula is C19H26. The van der Waals surface area contributed by atoms with Crippen molar-refractivity contribution in [3.63, 3.8) is 0 Å². The minimum Gasteiger partial charge on any atom is -0.0801 e. The van der Waals surface area contributed by atoms with Crippen LogP contribution in [0.1, 0.15) is 52.9 Å². The molecule has 0 bridgehead atoms. The highest BCUT2D eigenvalue weighted by Gasteiger charge is 2.45. The molecule has 0 spiro atoms. The summed E-state index contributed by atoms with van der Waals surface area (Å²) in [6.45, 7) is 7.31. The normalized spacial score (nSPS) is 33.1. The van der Waals surface area contributed by atoms with Crippen molar-refractivity contribution in [1.29, 1.82) is 0 Å². The monoisotopic (exact) mass is 254 g/mol. The summed E-state index contributed by atoms with van der Waals surface area (Å²) in [7, 11) is 0. The zero-order chi connectivity index (χ0) is 13.5. The van der Waals surface area contributed by atoms with Gasteiger partial charge < -0.3 is 0 Å². The lowest BCUT2D eigenvalue weighted by molar-refractivity contribution is 0.176. The standard InChI is InChI=1S/C19H26/c1-14-16-10-6-7-11-18(16)19(2,3)17(14)13-12-15-8-4-5-9-15/h4,8-9,12-13,16,18H,5-7,10-11H2,1-3H3/b13-12+. The maximum absolute atomic E-state index is 2.46. The molecule has 0 aliphatic heterocycles. The molecular weight excluding hydrogens is 228 g/mol. The van der Waals surface area contributed by atoms with Crippen LogP contribution in [-0.2, 0) is 0 Å². The van der Waals surface area contributed by atoms with E-state index in [4.69, 9.17) is 0 Å². The molecule has 0 saturated heterocycles. The van der Waals surface area contributed by atoms with Crippen LogP contribution < -0.4 is 0 Å². The lowest BCUT2D eigenvalue weighted by atomic mass is 9.68. The van der Waals surface area contributed by atoms with Crippen LogP contribution in [0.15, 0.2) is 47.1 Å². The quantitative estimate of drug-likeness (QED) is 0.602. The Hall–Kier alpha value is -1.04. The van der Waals surface area contributed by atoms with E-state index < -0.39 is 0 Å². The third-order valence-corrected chi connectivity index (χ3v) is 5.61. The number of rotatable bonds is 2. The molecule has 19 heavy (non-hydrogen) atoms. The Bertz CT molecular complexity index is 482. The van der Waals surface area contributed by atoms with Crippen LogP contribution in [0.4, 0.5) is 0 Å². The fourth-order valence-corrected chi connectivity index (χ4v) is 4.55. The van der Waals surface area contributed by atoms with E-state index in [-0.39, 0.29) is 0 Å². The molecule has 3 aliphatic rings. The topological polar surface area (TPSA) is 0 Å². The van der Waals surface area contributed by atoms with Gasteiger partial charge in [0.25, 0.3) is 0 Å². The van der Waals surface area contributed by atoms with Gasteiger partial charge >= 0.3 is 0 Å². The van der Waals surface area contributed by atoms with Gasteiger partial charge in [0.2, 0.25) is 0 Å². The maximum atomic E-state index is 2.46. The zero-order valence-electron chi connectivity index (χ0n) is 12.6. The van der Waals surface area contributed by atoms with Crippen molar-refractivity contribution in [2.45, 2.75) is 52.9 Å². The summed E-state index contributed by atoms with van der Waals surface area (Å²) in [5.74, 6) is 1.74. The van der Waals surface area contributed by atoms with Crippen LogP contribution in [0.25, 0.3) is 0 Å². The van der Waals surface area contributed by atoms with Gasteiger partial charge in [-0.15, -0.1) is 0 Å². The average Bonchev–Trinajstić information content (AvgIpc) is 2.97. The molecule has 0 heterocycles. The number of fused-ring (bicyclic) bond motifs is 1. The van der Waals surface area contributed by atoms with Crippen LogP contribution in [-0.4, -0.2) is 0 Å². The molecule has 2 atom stereocenters. The van der Waals surface area contributed by atoms with Crippen molar-refractivity contribution in [2.75, 3.05) is 0 Å². The molecule has 0 nitrogen and oxygen atoms in total. The summed E-state index contributed by atoms with van der Waals surface area (Å²) in [6, 6.07) is 0. The highest BCUT2D eigenvalue weighted by molar-refractivity contribution is 5.44. The van der Waals surface area contributed by atoms with Crippen LogP contribution in [0.5, 0.6) is 0 Å². The second-order valence-electron chi connectivity index (χ2n) is 6.99. The largest absolute Gasteiger partial charge is 0.0801 e. The Labute approximate surface area is 118 Å². The van der Waals surface area contributed by atoms with Crippen LogP contribution >= 0.6 is 0 Å². The molecule has 0 N–H and O–H groups in total. The maximum Gasteiger partial charge on any atom is -0.00700 e. The first-order valence-corrected chi connectivity index (χ1v) is 7.87. The fourth-order valence-electron chi connectivity index (χ4n) is 4.55. The lowest BCUT2D eigenvalue weighted by Gasteiger charge is -2.36. The van der Waals surface area contributed by atoms with Crippen LogP contribution in [0.2, 0.25) is 0 Å². The van der Waals surface area contributed by atoms with Gasteiger partial charge in [-0.3, -0.25) is 0 Å². The number of hydrogen-bond acceptors (Lipinski definition) is 0.